The smallest absolute Gasteiger partial charge is 0.379 e. The van der Waals surface area contributed by atoms with Crippen molar-refractivity contribution in [3.63, 3.8) is 0 Å². The number of aromatic nitrogens is 1. The first kappa shape index (κ1) is 20.1. The van der Waals surface area contributed by atoms with Crippen molar-refractivity contribution in [1.82, 2.24) is 4.57 Å². The van der Waals surface area contributed by atoms with Crippen LogP contribution in [0.25, 0.3) is 0 Å². The van der Waals surface area contributed by atoms with Crippen LogP contribution in [-0.4, -0.2) is 28.8 Å². The lowest BCUT2D eigenvalue weighted by atomic mass is 10.1. The molecule has 1 aromatic carbocycles. The van der Waals surface area contributed by atoms with Crippen LogP contribution in [0.5, 0.6) is 0 Å². The van der Waals surface area contributed by atoms with Crippen LogP contribution in [0.4, 0.5) is 10.1 Å². The number of benzene rings is 1. The number of hydrogen-bond donors (Lipinski definition) is 1. The minimum Gasteiger partial charge on any atom is -0.460 e. The molecule has 26 heavy (non-hydrogen) atoms. The predicted molar refractivity (Wildman–Crippen MR) is 98.2 cm³/mol. The average Bonchev–Trinajstić information content (AvgIpc) is 2.80. The van der Waals surface area contributed by atoms with E-state index in [-0.39, 0.29) is 33.1 Å². The quantitative estimate of drug-likeness (QED) is 0.430. The Hall–Kier alpha value is -2.19. The summed E-state index contributed by atoms with van der Waals surface area (Å²) in [5, 5.41) is 2.55. The highest BCUT2D eigenvalue weighted by atomic mass is 79.9. The molecule has 1 N–H and O–H groups in total. The van der Waals surface area contributed by atoms with E-state index in [1.165, 1.54) is 36.7 Å². The van der Waals surface area contributed by atoms with E-state index in [1.54, 1.807) is 6.92 Å². The molecule has 0 aliphatic heterocycles. The second-order valence-electron chi connectivity index (χ2n) is 5.33. The number of halogens is 3. The van der Waals surface area contributed by atoms with Gasteiger partial charge in [-0.2, -0.15) is 0 Å². The first-order chi connectivity index (χ1) is 12.2. The summed E-state index contributed by atoms with van der Waals surface area (Å²) in [6.07, 6.45) is 0. The van der Waals surface area contributed by atoms with E-state index in [1.807, 2.05) is 0 Å². The van der Waals surface area contributed by atoms with Crippen LogP contribution in [0.2, 0.25) is 5.15 Å². The highest BCUT2D eigenvalue weighted by Gasteiger charge is 2.30. The fourth-order valence-corrected chi connectivity index (χ4v) is 3.13. The number of nitrogens with one attached hydrogen (secondary N) is 1. The number of ketones is 1. The van der Waals surface area contributed by atoms with Gasteiger partial charge in [-0.25, -0.2) is 9.18 Å². The zero-order valence-corrected chi connectivity index (χ0v) is 16.5. The summed E-state index contributed by atoms with van der Waals surface area (Å²) >= 11 is 9.19. The van der Waals surface area contributed by atoms with Gasteiger partial charge < -0.3 is 14.6 Å². The number of carbonyl (C=O) groups excluding carboxylic acids is 3. The van der Waals surface area contributed by atoms with E-state index >= 15 is 0 Å². The molecule has 0 fully saturated rings. The van der Waals surface area contributed by atoms with Crippen molar-refractivity contribution in [1.29, 1.82) is 0 Å². The molecule has 0 unspecified atom stereocenters. The van der Waals surface area contributed by atoms with Crippen LogP contribution < -0.4 is 5.32 Å². The number of Topliss-reactive ketones (excluding diaryl/α,β-unsaturated/α-hetero) is 1. The first-order valence-electron chi connectivity index (χ1n) is 7.51. The Bertz CT molecular complexity index is 911. The van der Waals surface area contributed by atoms with Crippen LogP contribution in [0.1, 0.15) is 33.3 Å². The number of hydrogen-bond acceptors (Lipinski definition) is 4. The first-order valence-corrected chi connectivity index (χ1v) is 8.68. The van der Waals surface area contributed by atoms with Gasteiger partial charge in [-0.3, -0.25) is 9.59 Å². The van der Waals surface area contributed by atoms with Gasteiger partial charge in [0, 0.05) is 12.7 Å². The van der Waals surface area contributed by atoms with Crippen molar-refractivity contribution >= 4 is 50.9 Å². The molecule has 1 heterocycles. The van der Waals surface area contributed by atoms with Crippen molar-refractivity contribution in [2.75, 3.05) is 11.9 Å². The lowest BCUT2D eigenvalue weighted by Crippen LogP contribution is -2.19. The number of ether oxygens (including phenoxy) is 1. The topological polar surface area (TPSA) is 77.4 Å². The second kappa shape index (κ2) is 8.01. The Balaban J connectivity index is 2.39. The van der Waals surface area contributed by atoms with E-state index in [4.69, 9.17) is 16.3 Å². The lowest BCUT2D eigenvalue weighted by Gasteiger charge is -2.08. The maximum atomic E-state index is 13.3. The molecule has 0 bridgehead atoms. The molecule has 0 atom stereocenters. The van der Waals surface area contributed by atoms with Gasteiger partial charge in [0.1, 0.15) is 16.7 Å². The van der Waals surface area contributed by atoms with E-state index in [9.17, 15) is 18.8 Å². The molecule has 2 aromatic rings. The Labute approximate surface area is 162 Å². The van der Waals surface area contributed by atoms with Crippen LogP contribution in [0.3, 0.4) is 0 Å². The number of nitrogens with zero attached hydrogens (tertiary/aromatic N) is 1. The van der Waals surface area contributed by atoms with Gasteiger partial charge in [0.25, 0.3) is 11.7 Å². The summed E-state index contributed by atoms with van der Waals surface area (Å²) in [7, 11) is 1.49. The SMILES string of the molecule is CCOC(=O)C(=O)c1c(C)c(C(=O)Nc2ccc(F)c(Br)c2)n(C)c1Cl. The molecule has 2 rings (SSSR count). The number of anilines is 1. The van der Waals surface area contributed by atoms with Crippen molar-refractivity contribution in [3.8, 4) is 0 Å². The lowest BCUT2D eigenvalue weighted by molar-refractivity contribution is -0.137. The van der Waals surface area contributed by atoms with Gasteiger partial charge in [0.05, 0.1) is 16.6 Å². The highest BCUT2D eigenvalue weighted by Crippen LogP contribution is 2.28. The molecule has 0 saturated heterocycles. The Morgan fingerprint density at radius 3 is 2.58 bits per heavy atom. The molecule has 9 heteroatoms. The third-order valence-corrected chi connectivity index (χ3v) is 4.70. The summed E-state index contributed by atoms with van der Waals surface area (Å²) in [5.74, 6) is -3.00. The summed E-state index contributed by atoms with van der Waals surface area (Å²) < 4.78 is 19.5. The molecule has 0 radical (unpaired) electrons. The minimum absolute atomic E-state index is 0.0425. The maximum absolute atomic E-state index is 13.3. The zero-order valence-electron chi connectivity index (χ0n) is 14.2. The molecule has 6 nitrogen and oxygen atoms in total. The summed E-state index contributed by atoms with van der Waals surface area (Å²) in [6.45, 7) is 3.12. The largest absolute Gasteiger partial charge is 0.460 e. The molecular formula is C17H15BrClFN2O4. The predicted octanol–water partition coefficient (Wildman–Crippen LogP) is 3.89. The monoisotopic (exact) mass is 444 g/mol. The van der Waals surface area contributed by atoms with Crippen molar-refractivity contribution < 1.29 is 23.5 Å². The van der Waals surface area contributed by atoms with Crippen LogP contribution in [0.15, 0.2) is 22.7 Å². The van der Waals surface area contributed by atoms with Crippen LogP contribution in [-0.2, 0) is 16.6 Å². The molecule has 138 valence electrons. The summed E-state index contributed by atoms with van der Waals surface area (Å²) in [6, 6.07) is 3.99. The van der Waals surface area contributed by atoms with Crippen molar-refractivity contribution in [2.45, 2.75) is 13.8 Å². The molecule has 0 saturated carbocycles. The number of esters is 1. The fourth-order valence-electron chi connectivity index (χ4n) is 2.44. The molecule has 1 amide bonds. The summed E-state index contributed by atoms with van der Waals surface area (Å²) in [5.41, 5.74) is 0.605. The highest BCUT2D eigenvalue weighted by molar-refractivity contribution is 9.10. The van der Waals surface area contributed by atoms with E-state index in [0.717, 1.165) is 0 Å². The van der Waals surface area contributed by atoms with E-state index in [2.05, 4.69) is 21.2 Å². The number of amides is 1. The van der Waals surface area contributed by atoms with Gasteiger partial charge in [-0.05, 0) is 53.5 Å². The summed E-state index contributed by atoms with van der Waals surface area (Å²) in [4.78, 5) is 36.6. The van der Waals surface area contributed by atoms with Gasteiger partial charge >= 0.3 is 5.97 Å². The Kier molecular flexibility index (Phi) is 6.20. The Morgan fingerprint density at radius 1 is 1.35 bits per heavy atom. The molecule has 0 aliphatic carbocycles. The third kappa shape index (κ3) is 3.81. The van der Waals surface area contributed by atoms with Gasteiger partial charge in [-0.15, -0.1) is 0 Å². The fraction of sp³-hybridized carbons (Fsp3) is 0.235. The van der Waals surface area contributed by atoms with E-state index < -0.39 is 23.5 Å². The van der Waals surface area contributed by atoms with Crippen LogP contribution in [0, 0.1) is 12.7 Å². The van der Waals surface area contributed by atoms with Crippen molar-refractivity contribution in [2.24, 2.45) is 7.05 Å². The minimum atomic E-state index is -1.04. The van der Waals surface area contributed by atoms with E-state index in [0.29, 0.717) is 5.69 Å². The molecule has 1 aromatic heterocycles. The van der Waals surface area contributed by atoms with Crippen molar-refractivity contribution in [3.05, 3.63) is 50.5 Å². The second-order valence-corrected chi connectivity index (χ2v) is 6.54. The van der Waals surface area contributed by atoms with Gasteiger partial charge in [-0.1, -0.05) is 11.6 Å². The zero-order chi connectivity index (χ0) is 19.6. The van der Waals surface area contributed by atoms with Crippen LogP contribution >= 0.6 is 27.5 Å². The normalized spacial score (nSPS) is 10.5. The Morgan fingerprint density at radius 2 is 2.00 bits per heavy atom. The number of rotatable bonds is 5. The molecular weight excluding hydrogens is 431 g/mol. The average molecular weight is 446 g/mol. The molecule has 0 aliphatic rings. The van der Waals surface area contributed by atoms with Gasteiger partial charge in [0.2, 0.25) is 0 Å². The standard InChI is InChI=1S/C17H15BrClFN2O4/c1-4-26-17(25)14(23)12-8(2)13(22(3)15(12)19)16(24)21-9-5-6-11(20)10(18)7-9/h5-7H,4H2,1-3H3,(H,21,24). The van der Waals surface area contributed by atoms with Gasteiger partial charge in [0.15, 0.2) is 0 Å². The third-order valence-electron chi connectivity index (χ3n) is 3.65. The molecule has 0 spiro atoms. The number of carbonyl (C=O) groups is 3. The maximum Gasteiger partial charge on any atom is 0.379 e.